The van der Waals surface area contributed by atoms with Crippen LogP contribution >= 0.6 is 0 Å². The van der Waals surface area contributed by atoms with E-state index in [9.17, 15) is 14.0 Å². The number of amides is 2. The van der Waals surface area contributed by atoms with Crippen LogP contribution in [0.4, 0.5) is 10.1 Å². The monoisotopic (exact) mass is 386 g/mol. The molecule has 0 radical (unpaired) electrons. The van der Waals surface area contributed by atoms with E-state index in [-0.39, 0.29) is 18.4 Å². The van der Waals surface area contributed by atoms with Crippen LogP contribution in [0.15, 0.2) is 84.9 Å². The number of fused-ring (bicyclic) bond motifs is 1. The molecule has 2 amide bonds. The van der Waals surface area contributed by atoms with Crippen molar-refractivity contribution >= 4 is 23.6 Å². The van der Waals surface area contributed by atoms with Gasteiger partial charge in [-0.1, -0.05) is 60.7 Å². The molecule has 0 aliphatic carbocycles. The van der Waals surface area contributed by atoms with E-state index in [1.54, 1.807) is 6.08 Å². The van der Waals surface area contributed by atoms with E-state index < -0.39 is 11.9 Å². The number of carbonyl (C=O) groups excluding carboxylic acids is 2. The van der Waals surface area contributed by atoms with Crippen LogP contribution in [-0.4, -0.2) is 23.3 Å². The molecule has 0 saturated carbocycles. The number of hydrogen-bond donors (Lipinski definition) is 1. The van der Waals surface area contributed by atoms with Crippen LogP contribution < -0.4 is 5.32 Å². The second-order valence-corrected chi connectivity index (χ2v) is 6.80. The Hall–Kier alpha value is -3.73. The molecule has 1 heterocycles. The van der Waals surface area contributed by atoms with Gasteiger partial charge in [0.05, 0.1) is 6.04 Å². The van der Waals surface area contributed by atoms with Crippen molar-refractivity contribution in [3.05, 3.63) is 107 Å². The van der Waals surface area contributed by atoms with Gasteiger partial charge in [0.25, 0.3) is 0 Å². The van der Waals surface area contributed by atoms with Crippen molar-refractivity contribution in [3.8, 4) is 0 Å². The minimum atomic E-state index is -0.589. The van der Waals surface area contributed by atoms with Crippen molar-refractivity contribution in [3.63, 3.8) is 0 Å². The number of halogens is 1. The molecule has 4 nitrogen and oxygen atoms in total. The summed E-state index contributed by atoms with van der Waals surface area (Å²) in [5, 5.41) is 2.78. The molecule has 5 heteroatoms. The van der Waals surface area contributed by atoms with E-state index in [0.717, 1.165) is 11.1 Å². The third-order valence-electron chi connectivity index (χ3n) is 4.82. The van der Waals surface area contributed by atoms with Gasteiger partial charge in [-0.2, -0.15) is 0 Å². The summed E-state index contributed by atoms with van der Waals surface area (Å²) in [7, 11) is 0. The molecule has 1 atom stereocenters. The van der Waals surface area contributed by atoms with Gasteiger partial charge in [-0.05, 0) is 35.4 Å². The molecular formula is C24H19FN2O2. The Kier molecular flexibility index (Phi) is 5.20. The van der Waals surface area contributed by atoms with Crippen LogP contribution in [0.3, 0.4) is 0 Å². The van der Waals surface area contributed by atoms with Gasteiger partial charge in [0.1, 0.15) is 12.4 Å². The second-order valence-electron chi connectivity index (χ2n) is 6.80. The quantitative estimate of drug-likeness (QED) is 0.678. The summed E-state index contributed by atoms with van der Waals surface area (Å²) in [5.74, 6) is -1.07. The lowest BCUT2D eigenvalue weighted by molar-refractivity contribution is -0.131. The molecule has 0 aromatic heterocycles. The largest absolute Gasteiger partial charge is 0.324 e. The molecule has 29 heavy (non-hydrogen) atoms. The van der Waals surface area contributed by atoms with Gasteiger partial charge < -0.3 is 10.2 Å². The van der Waals surface area contributed by atoms with E-state index in [1.165, 1.54) is 29.2 Å². The first kappa shape index (κ1) is 18.6. The van der Waals surface area contributed by atoms with Crippen LogP contribution in [0.25, 0.3) is 6.08 Å². The number of rotatable bonds is 3. The average molecular weight is 386 g/mol. The van der Waals surface area contributed by atoms with Gasteiger partial charge in [-0.3, -0.25) is 9.59 Å². The third kappa shape index (κ3) is 4.09. The lowest BCUT2D eigenvalue weighted by atomic mass is 9.95. The van der Waals surface area contributed by atoms with Crippen molar-refractivity contribution in [2.45, 2.75) is 6.04 Å². The zero-order chi connectivity index (χ0) is 20.2. The molecule has 3 aromatic rings. The smallest absolute Gasteiger partial charge is 0.247 e. The predicted octanol–water partition coefficient (Wildman–Crippen LogP) is 4.41. The van der Waals surface area contributed by atoms with Crippen LogP contribution in [0.1, 0.15) is 22.7 Å². The molecule has 1 aliphatic rings. The van der Waals surface area contributed by atoms with Crippen molar-refractivity contribution in [2.24, 2.45) is 0 Å². The summed E-state index contributed by atoms with van der Waals surface area (Å²) in [5.41, 5.74) is 2.73. The van der Waals surface area contributed by atoms with Gasteiger partial charge in [0.2, 0.25) is 11.8 Å². The molecule has 0 bridgehead atoms. The highest BCUT2D eigenvalue weighted by Gasteiger charge is 2.32. The molecule has 1 N–H and O–H groups in total. The summed E-state index contributed by atoms with van der Waals surface area (Å²) >= 11 is 0. The summed E-state index contributed by atoms with van der Waals surface area (Å²) < 4.78 is 14.1. The first-order valence-electron chi connectivity index (χ1n) is 9.30. The van der Waals surface area contributed by atoms with Crippen LogP contribution in [0.2, 0.25) is 0 Å². The highest BCUT2D eigenvalue weighted by Crippen LogP contribution is 2.36. The minimum absolute atomic E-state index is 0.131. The maximum Gasteiger partial charge on any atom is 0.247 e. The second kappa shape index (κ2) is 8.10. The molecule has 0 saturated heterocycles. The standard InChI is InChI=1S/C24H19FN2O2/c25-19-12-13-21-20(15-19)24(18-9-5-2-6-10-18)27(16-22(28)26-21)23(29)14-11-17-7-3-1-4-8-17/h1-15,24H,16H2,(H,26,28)/b14-11+. The van der Waals surface area contributed by atoms with E-state index in [1.807, 2.05) is 60.7 Å². The Morgan fingerprint density at radius 3 is 2.41 bits per heavy atom. The molecule has 1 unspecified atom stereocenters. The number of anilines is 1. The van der Waals surface area contributed by atoms with Crippen molar-refractivity contribution < 1.29 is 14.0 Å². The van der Waals surface area contributed by atoms with Gasteiger partial charge >= 0.3 is 0 Å². The van der Waals surface area contributed by atoms with Crippen molar-refractivity contribution in [2.75, 3.05) is 11.9 Å². The topological polar surface area (TPSA) is 49.4 Å². The molecule has 1 aliphatic heterocycles. The zero-order valence-corrected chi connectivity index (χ0v) is 15.6. The van der Waals surface area contributed by atoms with Gasteiger partial charge in [-0.15, -0.1) is 0 Å². The Labute approximate surface area is 168 Å². The number of nitrogens with one attached hydrogen (secondary N) is 1. The maximum atomic E-state index is 14.1. The molecule has 144 valence electrons. The van der Waals surface area contributed by atoms with Crippen molar-refractivity contribution in [1.29, 1.82) is 0 Å². The zero-order valence-electron chi connectivity index (χ0n) is 15.6. The van der Waals surface area contributed by atoms with E-state index in [0.29, 0.717) is 11.3 Å². The summed E-state index contributed by atoms with van der Waals surface area (Å²) in [4.78, 5) is 27.1. The summed E-state index contributed by atoms with van der Waals surface area (Å²) in [6.45, 7) is -0.131. The average Bonchev–Trinajstić information content (AvgIpc) is 2.89. The fraction of sp³-hybridized carbons (Fsp3) is 0.0833. The fourth-order valence-corrected chi connectivity index (χ4v) is 3.50. The molecule has 0 spiro atoms. The number of benzene rings is 3. The number of nitrogens with zero attached hydrogens (tertiary/aromatic N) is 1. The number of hydrogen-bond acceptors (Lipinski definition) is 2. The third-order valence-corrected chi connectivity index (χ3v) is 4.82. The molecule has 0 fully saturated rings. The van der Waals surface area contributed by atoms with E-state index in [4.69, 9.17) is 0 Å². The summed E-state index contributed by atoms with van der Waals surface area (Å²) in [6.07, 6.45) is 3.16. The Balaban J connectivity index is 1.78. The Bertz CT molecular complexity index is 1060. The predicted molar refractivity (Wildman–Crippen MR) is 111 cm³/mol. The van der Waals surface area contributed by atoms with E-state index in [2.05, 4.69) is 5.32 Å². The Morgan fingerprint density at radius 1 is 1.00 bits per heavy atom. The van der Waals surface area contributed by atoms with Crippen LogP contribution in [0.5, 0.6) is 0 Å². The molecule has 4 rings (SSSR count). The van der Waals surface area contributed by atoms with Gasteiger partial charge in [0.15, 0.2) is 0 Å². The maximum absolute atomic E-state index is 14.1. The lowest BCUT2D eigenvalue weighted by Crippen LogP contribution is -2.38. The lowest BCUT2D eigenvalue weighted by Gasteiger charge is -2.29. The number of carbonyl (C=O) groups is 2. The minimum Gasteiger partial charge on any atom is -0.324 e. The molecular weight excluding hydrogens is 367 g/mol. The van der Waals surface area contributed by atoms with Crippen LogP contribution in [0, 0.1) is 5.82 Å². The fourth-order valence-electron chi connectivity index (χ4n) is 3.50. The highest BCUT2D eigenvalue weighted by molar-refractivity contribution is 6.00. The highest BCUT2D eigenvalue weighted by atomic mass is 19.1. The van der Waals surface area contributed by atoms with Gasteiger partial charge in [-0.25, -0.2) is 4.39 Å². The van der Waals surface area contributed by atoms with E-state index >= 15 is 0 Å². The van der Waals surface area contributed by atoms with Crippen LogP contribution in [-0.2, 0) is 9.59 Å². The first-order valence-corrected chi connectivity index (χ1v) is 9.30. The first-order chi connectivity index (χ1) is 14.1. The summed E-state index contributed by atoms with van der Waals surface area (Å²) in [6, 6.07) is 22.4. The normalized spacial score (nSPS) is 16.2. The molecule has 3 aromatic carbocycles. The Morgan fingerprint density at radius 2 is 1.69 bits per heavy atom. The SMILES string of the molecule is O=C1CN(C(=O)/C=C/c2ccccc2)C(c2ccccc2)c2cc(F)ccc2N1. The van der Waals surface area contributed by atoms with Crippen molar-refractivity contribution in [1.82, 2.24) is 4.90 Å². The van der Waals surface area contributed by atoms with Gasteiger partial charge in [0, 0.05) is 17.3 Å².